The summed E-state index contributed by atoms with van der Waals surface area (Å²) in [7, 11) is 0. The number of nitrogens with zero attached hydrogens (tertiary/aromatic N) is 2. The Labute approximate surface area is 246 Å². The van der Waals surface area contributed by atoms with E-state index in [1.165, 1.54) is 12.1 Å². The molecule has 3 amide bonds. The van der Waals surface area contributed by atoms with Crippen LogP contribution in [0.2, 0.25) is 0 Å². The van der Waals surface area contributed by atoms with Crippen molar-refractivity contribution in [2.24, 2.45) is 11.1 Å². The highest BCUT2D eigenvalue weighted by atomic mass is 19.1. The molecule has 1 aliphatic heterocycles. The van der Waals surface area contributed by atoms with Gasteiger partial charge in [-0.2, -0.15) is 0 Å². The summed E-state index contributed by atoms with van der Waals surface area (Å²) >= 11 is 0. The van der Waals surface area contributed by atoms with E-state index in [4.69, 9.17) is 15.2 Å². The molecule has 3 heterocycles. The number of hydrogen-bond donors (Lipinski definition) is 4. The van der Waals surface area contributed by atoms with Gasteiger partial charge in [-0.05, 0) is 60.5 Å². The van der Waals surface area contributed by atoms with Gasteiger partial charge in [0, 0.05) is 44.0 Å². The molecular formula is C31H31FN6O5. The molecule has 43 heavy (non-hydrogen) atoms. The summed E-state index contributed by atoms with van der Waals surface area (Å²) in [6.07, 6.45) is 1.84. The van der Waals surface area contributed by atoms with Gasteiger partial charge in [-0.25, -0.2) is 9.37 Å². The fourth-order valence-electron chi connectivity index (χ4n) is 5.43. The summed E-state index contributed by atoms with van der Waals surface area (Å²) in [5.41, 5.74) is 6.28. The summed E-state index contributed by atoms with van der Waals surface area (Å²) < 4.78 is 24.8. The van der Waals surface area contributed by atoms with Gasteiger partial charge in [0.25, 0.3) is 5.91 Å². The maximum Gasteiger partial charge on any atom is 0.267 e. The van der Waals surface area contributed by atoms with Gasteiger partial charge in [-0.3, -0.25) is 19.3 Å². The molecular weight excluding hydrogens is 555 g/mol. The molecule has 11 nitrogen and oxygen atoms in total. The van der Waals surface area contributed by atoms with E-state index in [2.05, 4.69) is 25.5 Å². The van der Waals surface area contributed by atoms with E-state index in [9.17, 15) is 18.8 Å². The van der Waals surface area contributed by atoms with Crippen molar-refractivity contribution in [1.82, 2.24) is 20.2 Å². The molecule has 222 valence electrons. The number of aromatic amines is 1. The lowest BCUT2D eigenvalue weighted by Gasteiger charge is -2.26. The molecule has 2 atom stereocenters. The number of carbonyl (C=O) groups excluding carboxylic acids is 3. The predicted molar refractivity (Wildman–Crippen MR) is 156 cm³/mol. The Morgan fingerprint density at radius 2 is 1.84 bits per heavy atom. The van der Waals surface area contributed by atoms with E-state index in [0.29, 0.717) is 59.2 Å². The fourth-order valence-corrected chi connectivity index (χ4v) is 5.43. The van der Waals surface area contributed by atoms with Crippen LogP contribution in [0.3, 0.4) is 0 Å². The SMILES string of the molecule is NC(=O)C1(C(=O)Nc2ccc(Oc3ccnc4[nH]c(C(=O)NCCN5CCOCC5)cc34)cc2)CC1c1ccc(F)cc1. The highest BCUT2D eigenvalue weighted by Crippen LogP contribution is 2.59. The zero-order chi connectivity index (χ0) is 30.0. The van der Waals surface area contributed by atoms with Crippen molar-refractivity contribution in [2.45, 2.75) is 12.3 Å². The molecule has 1 saturated heterocycles. The number of pyridine rings is 1. The number of ether oxygens (including phenoxy) is 2. The number of anilines is 1. The number of fused-ring (bicyclic) bond motifs is 1. The normalized spacial score (nSPS) is 20.0. The van der Waals surface area contributed by atoms with Crippen LogP contribution in [0, 0.1) is 11.2 Å². The minimum Gasteiger partial charge on any atom is -0.457 e. The molecule has 5 N–H and O–H groups in total. The fraction of sp³-hybridized carbons (Fsp3) is 0.290. The topological polar surface area (TPSA) is 152 Å². The lowest BCUT2D eigenvalue weighted by molar-refractivity contribution is -0.132. The number of nitrogens with two attached hydrogens (primary N) is 1. The second-order valence-electron chi connectivity index (χ2n) is 10.7. The Balaban J connectivity index is 1.09. The smallest absolute Gasteiger partial charge is 0.267 e. The number of H-pyrrole nitrogens is 1. The molecule has 2 unspecified atom stereocenters. The van der Waals surface area contributed by atoms with Crippen LogP contribution in [0.25, 0.3) is 11.0 Å². The Bertz CT molecular complexity index is 1650. The van der Waals surface area contributed by atoms with E-state index in [1.807, 2.05) is 0 Å². The maximum atomic E-state index is 13.3. The Kier molecular flexibility index (Phi) is 7.78. The number of benzene rings is 2. The van der Waals surface area contributed by atoms with Gasteiger partial charge >= 0.3 is 0 Å². The Morgan fingerprint density at radius 1 is 1.09 bits per heavy atom. The summed E-state index contributed by atoms with van der Waals surface area (Å²) in [6, 6.07) is 15.8. The number of aromatic nitrogens is 2. The lowest BCUT2D eigenvalue weighted by Crippen LogP contribution is -2.41. The zero-order valence-electron chi connectivity index (χ0n) is 23.3. The third-order valence-electron chi connectivity index (χ3n) is 7.97. The zero-order valence-corrected chi connectivity index (χ0v) is 23.3. The van der Waals surface area contributed by atoms with Crippen LogP contribution < -0.4 is 21.1 Å². The highest BCUT2D eigenvalue weighted by Gasteiger charge is 2.65. The van der Waals surface area contributed by atoms with Gasteiger partial charge in [0.15, 0.2) is 0 Å². The first-order valence-electron chi connectivity index (χ1n) is 14.0. The average Bonchev–Trinajstić information content (AvgIpc) is 3.63. The molecule has 2 aromatic carbocycles. The van der Waals surface area contributed by atoms with E-state index < -0.39 is 29.0 Å². The summed E-state index contributed by atoms with van der Waals surface area (Å²) in [6.45, 7) is 4.38. The van der Waals surface area contributed by atoms with Crippen molar-refractivity contribution in [3.8, 4) is 11.5 Å². The van der Waals surface area contributed by atoms with E-state index in [1.54, 1.807) is 54.7 Å². The van der Waals surface area contributed by atoms with Crippen LogP contribution in [0.1, 0.15) is 28.4 Å². The molecule has 2 aromatic heterocycles. The first-order chi connectivity index (χ1) is 20.8. The number of hydrogen-bond acceptors (Lipinski definition) is 7. The molecule has 2 fully saturated rings. The maximum absolute atomic E-state index is 13.3. The second kappa shape index (κ2) is 11.8. The first kappa shape index (κ1) is 28.3. The van der Waals surface area contributed by atoms with Crippen molar-refractivity contribution >= 4 is 34.4 Å². The minimum atomic E-state index is -1.39. The molecule has 0 spiro atoms. The van der Waals surface area contributed by atoms with Crippen molar-refractivity contribution in [1.29, 1.82) is 0 Å². The van der Waals surface area contributed by atoms with Crippen molar-refractivity contribution in [3.63, 3.8) is 0 Å². The summed E-state index contributed by atoms with van der Waals surface area (Å²) in [4.78, 5) is 47.8. The molecule has 12 heteroatoms. The van der Waals surface area contributed by atoms with Gasteiger partial charge in [0.1, 0.15) is 34.1 Å². The molecule has 0 radical (unpaired) electrons. The Hall–Kier alpha value is -4.81. The number of morpholine rings is 1. The van der Waals surface area contributed by atoms with Crippen LogP contribution in [0.5, 0.6) is 11.5 Å². The molecule has 1 aliphatic carbocycles. The van der Waals surface area contributed by atoms with Crippen LogP contribution in [0.4, 0.5) is 10.1 Å². The highest BCUT2D eigenvalue weighted by molar-refractivity contribution is 6.14. The van der Waals surface area contributed by atoms with E-state index >= 15 is 0 Å². The quantitative estimate of drug-likeness (QED) is 0.208. The van der Waals surface area contributed by atoms with Crippen LogP contribution in [0.15, 0.2) is 66.9 Å². The molecule has 2 aliphatic rings. The number of primary amides is 1. The largest absolute Gasteiger partial charge is 0.457 e. The molecule has 4 aromatic rings. The van der Waals surface area contributed by atoms with Gasteiger partial charge in [0.2, 0.25) is 11.8 Å². The number of amides is 3. The van der Waals surface area contributed by atoms with Gasteiger partial charge in [-0.1, -0.05) is 12.1 Å². The molecule has 0 bridgehead atoms. The molecule has 1 saturated carbocycles. The monoisotopic (exact) mass is 586 g/mol. The van der Waals surface area contributed by atoms with Gasteiger partial charge < -0.3 is 30.8 Å². The van der Waals surface area contributed by atoms with Crippen molar-refractivity contribution < 1.29 is 28.2 Å². The minimum absolute atomic E-state index is 0.233. The van der Waals surface area contributed by atoms with Crippen LogP contribution >= 0.6 is 0 Å². The van der Waals surface area contributed by atoms with Gasteiger partial charge in [-0.15, -0.1) is 0 Å². The number of halogens is 1. The second-order valence-corrected chi connectivity index (χ2v) is 10.7. The van der Waals surface area contributed by atoms with E-state index in [0.717, 1.165) is 19.6 Å². The number of rotatable bonds is 10. The molecule has 6 rings (SSSR count). The summed E-state index contributed by atoms with van der Waals surface area (Å²) in [5.74, 6) is -1.30. The van der Waals surface area contributed by atoms with Crippen molar-refractivity contribution in [2.75, 3.05) is 44.7 Å². The first-order valence-corrected chi connectivity index (χ1v) is 14.0. The average molecular weight is 587 g/mol. The Morgan fingerprint density at radius 3 is 2.56 bits per heavy atom. The number of nitrogens with one attached hydrogen (secondary N) is 3. The predicted octanol–water partition coefficient (Wildman–Crippen LogP) is 3.15. The van der Waals surface area contributed by atoms with E-state index in [-0.39, 0.29) is 12.3 Å². The summed E-state index contributed by atoms with van der Waals surface area (Å²) in [5, 5.41) is 6.35. The number of carbonyl (C=O) groups is 3. The lowest BCUT2D eigenvalue weighted by atomic mass is 9.97. The standard InChI is InChI=1S/C31H31FN6O5/c32-20-3-1-19(2-4-20)24-18-31(24,29(33)40)30(41)36-21-5-7-22(8-6-21)43-26-9-10-34-27-23(26)17-25(37-27)28(39)35-11-12-38-13-15-42-16-14-38/h1-10,17,24H,11-16,18H2,(H2,33,40)(H,34,37)(H,35,39)(H,36,41). The third-order valence-corrected chi connectivity index (χ3v) is 7.97. The van der Waals surface area contributed by atoms with Crippen LogP contribution in [-0.4, -0.2) is 72.0 Å². The van der Waals surface area contributed by atoms with Crippen LogP contribution in [-0.2, 0) is 14.3 Å². The third kappa shape index (κ3) is 5.92. The van der Waals surface area contributed by atoms with Gasteiger partial charge in [0.05, 0.1) is 18.6 Å². The van der Waals surface area contributed by atoms with Crippen molar-refractivity contribution in [3.05, 3.63) is 83.9 Å².